The van der Waals surface area contributed by atoms with E-state index in [1.807, 2.05) is 0 Å². The van der Waals surface area contributed by atoms with Crippen molar-refractivity contribution in [3.63, 3.8) is 0 Å². The zero-order valence-corrected chi connectivity index (χ0v) is 11.3. The van der Waals surface area contributed by atoms with E-state index in [1.54, 1.807) is 0 Å². The highest BCUT2D eigenvalue weighted by Crippen LogP contribution is 2.34. The Morgan fingerprint density at radius 2 is 1.95 bits per heavy atom. The molecule has 3 nitrogen and oxygen atoms in total. The molecule has 0 amide bonds. The molecule has 1 saturated carbocycles. The third kappa shape index (κ3) is 4.27. The third-order valence-electron chi connectivity index (χ3n) is 3.92. The summed E-state index contributed by atoms with van der Waals surface area (Å²) in [6.45, 7) is 0.286. The summed E-state index contributed by atoms with van der Waals surface area (Å²) >= 11 is 0. The van der Waals surface area contributed by atoms with E-state index in [0.29, 0.717) is 5.92 Å². The topological polar surface area (TPSA) is 46.5 Å². The fraction of sp³-hybridized carbons (Fsp3) is 0.562. The molecule has 0 aromatic heterocycles. The largest absolute Gasteiger partial charge is 0.505 e. The second-order valence-electron chi connectivity index (χ2n) is 5.25. The first-order chi connectivity index (χ1) is 9.27. The molecule has 0 atom stereocenters. The summed E-state index contributed by atoms with van der Waals surface area (Å²) in [6, 6.07) is 8.59. The van der Waals surface area contributed by atoms with Crippen LogP contribution in [0.4, 0.5) is 4.79 Å². The maximum absolute atomic E-state index is 10.3. The summed E-state index contributed by atoms with van der Waals surface area (Å²) in [5, 5.41) is 8.45. The second kappa shape index (κ2) is 7.17. The molecule has 0 aliphatic heterocycles. The van der Waals surface area contributed by atoms with Gasteiger partial charge in [-0.2, -0.15) is 0 Å². The van der Waals surface area contributed by atoms with Crippen LogP contribution < -0.4 is 0 Å². The molecule has 1 aliphatic carbocycles. The molecule has 1 aromatic rings. The van der Waals surface area contributed by atoms with Crippen LogP contribution in [0, 0.1) is 0 Å². The molecule has 3 heteroatoms. The molecule has 0 heterocycles. The molecule has 1 aliphatic rings. The average molecular weight is 262 g/mol. The first-order valence-electron chi connectivity index (χ1n) is 7.21. The highest BCUT2D eigenvalue weighted by molar-refractivity contribution is 5.56. The van der Waals surface area contributed by atoms with E-state index in [-0.39, 0.29) is 6.61 Å². The number of hydrogen-bond acceptors (Lipinski definition) is 2. The van der Waals surface area contributed by atoms with Gasteiger partial charge in [0.25, 0.3) is 0 Å². The van der Waals surface area contributed by atoms with Gasteiger partial charge in [0.15, 0.2) is 0 Å². The number of carboxylic acid groups (broad SMARTS) is 1. The number of aryl methyl sites for hydroxylation is 1. The van der Waals surface area contributed by atoms with Gasteiger partial charge in [0.05, 0.1) is 6.61 Å². The Morgan fingerprint density at radius 3 is 2.68 bits per heavy atom. The van der Waals surface area contributed by atoms with Crippen LogP contribution in [-0.2, 0) is 11.2 Å². The van der Waals surface area contributed by atoms with Crippen molar-refractivity contribution in [3.8, 4) is 0 Å². The van der Waals surface area contributed by atoms with Crippen LogP contribution in [0.15, 0.2) is 24.3 Å². The van der Waals surface area contributed by atoms with E-state index >= 15 is 0 Å². The summed E-state index contributed by atoms with van der Waals surface area (Å²) in [7, 11) is 0. The highest BCUT2D eigenvalue weighted by atomic mass is 16.7. The van der Waals surface area contributed by atoms with Gasteiger partial charge in [-0.15, -0.1) is 0 Å². The van der Waals surface area contributed by atoms with Gasteiger partial charge in [-0.05, 0) is 42.7 Å². The summed E-state index contributed by atoms with van der Waals surface area (Å²) in [4.78, 5) is 10.3. The summed E-state index contributed by atoms with van der Waals surface area (Å²) in [5.74, 6) is 0.699. The van der Waals surface area contributed by atoms with E-state index in [2.05, 4.69) is 29.0 Å². The molecule has 1 N–H and O–H groups in total. The predicted octanol–water partition coefficient (Wildman–Crippen LogP) is 4.36. The fourth-order valence-electron chi connectivity index (χ4n) is 3.00. The molecule has 19 heavy (non-hydrogen) atoms. The number of ether oxygens (including phenoxy) is 1. The Balaban J connectivity index is 1.93. The molecular weight excluding hydrogens is 240 g/mol. The van der Waals surface area contributed by atoms with Crippen LogP contribution >= 0.6 is 0 Å². The molecule has 1 aromatic carbocycles. The second-order valence-corrected chi connectivity index (χ2v) is 5.25. The third-order valence-corrected chi connectivity index (χ3v) is 3.92. The van der Waals surface area contributed by atoms with Crippen molar-refractivity contribution in [2.24, 2.45) is 0 Å². The molecule has 0 spiro atoms. The van der Waals surface area contributed by atoms with Gasteiger partial charge >= 0.3 is 6.16 Å². The van der Waals surface area contributed by atoms with Gasteiger partial charge in [0.1, 0.15) is 0 Å². The van der Waals surface area contributed by atoms with Crippen LogP contribution in [0.1, 0.15) is 55.6 Å². The Morgan fingerprint density at radius 1 is 1.21 bits per heavy atom. The Bertz CT molecular complexity index is 408. The van der Waals surface area contributed by atoms with Crippen molar-refractivity contribution >= 4 is 6.16 Å². The van der Waals surface area contributed by atoms with Crippen molar-refractivity contribution in [1.29, 1.82) is 0 Å². The van der Waals surface area contributed by atoms with Crippen molar-refractivity contribution in [1.82, 2.24) is 0 Å². The van der Waals surface area contributed by atoms with Gasteiger partial charge in [0.2, 0.25) is 0 Å². The van der Waals surface area contributed by atoms with E-state index < -0.39 is 6.16 Å². The summed E-state index contributed by atoms with van der Waals surface area (Å²) in [6.07, 6.45) is 7.11. The van der Waals surface area contributed by atoms with Gasteiger partial charge < -0.3 is 9.84 Å². The van der Waals surface area contributed by atoms with Gasteiger partial charge in [-0.3, -0.25) is 0 Å². The monoisotopic (exact) mass is 262 g/mol. The van der Waals surface area contributed by atoms with Gasteiger partial charge in [-0.25, -0.2) is 4.79 Å². The van der Waals surface area contributed by atoms with Crippen LogP contribution in [0.2, 0.25) is 0 Å². The lowest BCUT2D eigenvalue weighted by Gasteiger charge is -2.24. The molecule has 2 rings (SSSR count). The maximum Gasteiger partial charge on any atom is 0.505 e. The lowest BCUT2D eigenvalue weighted by Crippen LogP contribution is -2.08. The Kier molecular flexibility index (Phi) is 5.25. The summed E-state index contributed by atoms with van der Waals surface area (Å²) in [5.41, 5.74) is 2.83. The van der Waals surface area contributed by atoms with Crippen molar-refractivity contribution in [2.45, 2.75) is 50.9 Å². The number of rotatable bonds is 5. The van der Waals surface area contributed by atoms with E-state index in [9.17, 15) is 4.79 Å². The first-order valence-corrected chi connectivity index (χ1v) is 7.21. The number of hydrogen-bond donors (Lipinski definition) is 1. The van der Waals surface area contributed by atoms with Crippen LogP contribution in [0.3, 0.4) is 0 Å². The quantitative estimate of drug-likeness (QED) is 0.633. The molecule has 104 valence electrons. The van der Waals surface area contributed by atoms with E-state index in [1.165, 1.54) is 43.2 Å². The predicted molar refractivity (Wildman–Crippen MR) is 74.6 cm³/mol. The smallest absolute Gasteiger partial charge is 0.450 e. The maximum atomic E-state index is 10.3. The van der Waals surface area contributed by atoms with E-state index in [0.717, 1.165) is 12.8 Å². The zero-order valence-electron chi connectivity index (χ0n) is 11.3. The van der Waals surface area contributed by atoms with Gasteiger partial charge in [0, 0.05) is 0 Å². The van der Waals surface area contributed by atoms with Crippen LogP contribution in [0.25, 0.3) is 0 Å². The molecule has 0 saturated heterocycles. The van der Waals surface area contributed by atoms with Crippen LogP contribution in [-0.4, -0.2) is 17.9 Å². The Labute approximate surface area is 114 Å². The van der Waals surface area contributed by atoms with Crippen molar-refractivity contribution < 1.29 is 14.6 Å². The first kappa shape index (κ1) is 13.9. The van der Waals surface area contributed by atoms with E-state index in [4.69, 9.17) is 5.11 Å². The normalized spacial score (nSPS) is 16.2. The lowest BCUT2D eigenvalue weighted by molar-refractivity contribution is 0.0907. The lowest BCUT2D eigenvalue weighted by atomic mass is 9.81. The molecule has 0 bridgehead atoms. The van der Waals surface area contributed by atoms with Crippen molar-refractivity contribution in [2.75, 3.05) is 6.61 Å². The summed E-state index contributed by atoms with van der Waals surface area (Å²) < 4.78 is 4.57. The fourth-order valence-corrected chi connectivity index (χ4v) is 3.00. The standard InChI is InChI=1S/C16H22O3/c17-16(18)19-12-6-10-14-9-4-5-11-15(14)13-7-2-1-3-8-13/h4-5,9,11,13H,1-3,6-8,10,12H2,(H,17,18). The molecular formula is C16H22O3. The number of carbonyl (C=O) groups is 1. The number of benzene rings is 1. The highest BCUT2D eigenvalue weighted by Gasteiger charge is 2.17. The molecule has 1 fully saturated rings. The van der Waals surface area contributed by atoms with Gasteiger partial charge in [-0.1, -0.05) is 43.5 Å². The minimum absolute atomic E-state index is 0.286. The zero-order chi connectivity index (χ0) is 13.5. The minimum atomic E-state index is -1.18. The molecule has 0 radical (unpaired) electrons. The SMILES string of the molecule is O=C(O)OCCCc1ccccc1C1CCCCC1. The molecule has 0 unspecified atom stereocenters. The minimum Gasteiger partial charge on any atom is -0.450 e. The van der Waals surface area contributed by atoms with Crippen molar-refractivity contribution in [3.05, 3.63) is 35.4 Å². The average Bonchev–Trinajstić information content (AvgIpc) is 2.45. The Hall–Kier alpha value is -1.51. The van der Waals surface area contributed by atoms with Crippen LogP contribution in [0.5, 0.6) is 0 Å².